The van der Waals surface area contributed by atoms with Crippen molar-refractivity contribution in [3.63, 3.8) is 0 Å². The zero-order chi connectivity index (χ0) is 14.0. The summed E-state index contributed by atoms with van der Waals surface area (Å²) in [7, 11) is 2.37. The average Bonchev–Trinajstić information content (AvgIpc) is 2.95. The fraction of sp³-hybridized carbons (Fsp3) is 0.667. The first kappa shape index (κ1) is 14.3. The van der Waals surface area contributed by atoms with E-state index in [0.29, 0.717) is 6.35 Å². The van der Waals surface area contributed by atoms with E-state index in [0.717, 1.165) is 4.68 Å². The molecule has 1 unspecified atom stereocenters. The van der Waals surface area contributed by atoms with Crippen LogP contribution in [0.3, 0.4) is 0 Å². The van der Waals surface area contributed by atoms with Gasteiger partial charge >= 0.3 is 0 Å². The second kappa shape index (κ2) is 5.89. The van der Waals surface area contributed by atoms with Gasteiger partial charge in [-0.3, -0.25) is 4.79 Å². The Bertz CT molecular complexity index is 456. The maximum atomic E-state index is 10.9. The third-order valence-corrected chi connectivity index (χ3v) is 2.96. The van der Waals surface area contributed by atoms with Crippen molar-refractivity contribution in [2.24, 2.45) is 5.73 Å². The van der Waals surface area contributed by atoms with Gasteiger partial charge in [0.2, 0.25) is 5.82 Å². The molecule has 0 radical (unpaired) electrons. The molecule has 2 heterocycles. The molecule has 10 heteroatoms. The van der Waals surface area contributed by atoms with Crippen molar-refractivity contribution in [3.05, 3.63) is 12.2 Å². The highest BCUT2D eigenvalue weighted by molar-refractivity contribution is 7.16. The zero-order valence-corrected chi connectivity index (χ0v) is 11.1. The lowest BCUT2D eigenvalue weighted by Crippen LogP contribution is -2.33. The van der Waals surface area contributed by atoms with Gasteiger partial charge in [-0.25, -0.2) is 9.67 Å². The van der Waals surface area contributed by atoms with Gasteiger partial charge in [0, 0.05) is 0 Å². The molecule has 1 amide bonds. The van der Waals surface area contributed by atoms with Gasteiger partial charge in [0.15, 0.2) is 6.23 Å². The average molecular weight is 290 g/mol. The van der Waals surface area contributed by atoms with E-state index < -0.39 is 30.4 Å². The monoisotopic (exact) mass is 290 g/mol. The largest absolute Gasteiger partial charge is 0.387 e. The SMILES string of the molecule is NC(=O)c1ncn([C@@H]2O[C@H](COCP)[C@@H](O)[C@H]2O)n1. The van der Waals surface area contributed by atoms with E-state index in [1.165, 1.54) is 6.33 Å². The number of ether oxygens (including phenoxy) is 2. The molecule has 1 aromatic rings. The second-order valence-electron chi connectivity index (χ2n) is 4.00. The van der Waals surface area contributed by atoms with Crippen molar-refractivity contribution in [2.75, 3.05) is 13.0 Å². The maximum Gasteiger partial charge on any atom is 0.288 e. The smallest absolute Gasteiger partial charge is 0.288 e. The number of hydrogen-bond acceptors (Lipinski definition) is 7. The van der Waals surface area contributed by atoms with Crippen LogP contribution in [0.2, 0.25) is 0 Å². The minimum Gasteiger partial charge on any atom is -0.387 e. The molecule has 0 bridgehead atoms. The Hall–Kier alpha value is -1.12. The van der Waals surface area contributed by atoms with Gasteiger partial charge in [-0.15, -0.1) is 14.3 Å². The summed E-state index contributed by atoms with van der Waals surface area (Å²) in [6, 6.07) is 0. The van der Waals surface area contributed by atoms with Gasteiger partial charge in [-0.05, 0) is 0 Å². The molecule has 1 aliphatic heterocycles. The van der Waals surface area contributed by atoms with Crippen molar-refractivity contribution in [2.45, 2.75) is 24.5 Å². The molecule has 1 saturated heterocycles. The number of rotatable bonds is 5. The third kappa shape index (κ3) is 2.90. The van der Waals surface area contributed by atoms with Crippen LogP contribution >= 0.6 is 9.24 Å². The van der Waals surface area contributed by atoms with E-state index in [9.17, 15) is 15.0 Å². The molecule has 0 saturated carbocycles. The summed E-state index contributed by atoms with van der Waals surface area (Å²) in [5.41, 5.74) is 5.03. The van der Waals surface area contributed by atoms with Crippen molar-refractivity contribution < 1.29 is 24.5 Å². The van der Waals surface area contributed by atoms with Crippen LogP contribution in [-0.4, -0.2) is 62.2 Å². The van der Waals surface area contributed by atoms with Crippen molar-refractivity contribution in [1.82, 2.24) is 14.8 Å². The molecule has 19 heavy (non-hydrogen) atoms. The molecule has 0 spiro atoms. The van der Waals surface area contributed by atoms with E-state index in [-0.39, 0.29) is 12.4 Å². The van der Waals surface area contributed by atoms with E-state index >= 15 is 0 Å². The topological polar surface area (TPSA) is 133 Å². The highest BCUT2D eigenvalue weighted by Gasteiger charge is 2.44. The first-order chi connectivity index (χ1) is 9.04. The van der Waals surface area contributed by atoms with Crippen molar-refractivity contribution in [3.8, 4) is 0 Å². The van der Waals surface area contributed by atoms with E-state index in [1.807, 2.05) is 0 Å². The molecule has 1 aliphatic rings. The predicted octanol–water partition coefficient (Wildman–Crippen LogP) is -2.15. The Kier molecular flexibility index (Phi) is 4.43. The molecule has 5 atom stereocenters. The number of hydrogen-bond donors (Lipinski definition) is 3. The summed E-state index contributed by atoms with van der Waals surface area (Å²) in [6.07, 6.45) is -2.32. The first-order valence-corrected chi connectivity index (χ1v) is 6.36. The number of aromatic nitrogens is 3. The minimum absolute atomic E-state index is 0.135. The molecule has 9 nitrogen and oxygen atoms in total. The molecule has 1 aromatic heterocycles. The number of primary amides is 1. The number of aliphatic hydroxyl groups is 2. The Morgan fingerprint density at radius 3 is 2.89 bits per heavy atom. The number of carbonyl (C=O) groups excluding carboxylic acids is 1. The second-order valence-corrected chi connectivity index (χ2v) is 4.33. The van der Waals surface area contributed by atoms with Crippen LogP contribution in [0.25, 0.3) is 0 Å². The number of amides is 1. The van der Waals surface area contributed by atoms with Gasteiger partial charge in [-0.2, -0.15) is 0 Å². The molecular formula is C9H15N4O5P. The molecule has 2 rings (SSSR count). The third-order valence-electron chi connectivity index (χ3n) is 2.73. The maximum absolute atomic E-state index is 10.9. The number of nitrogens with two attached hydrogens (primary N) is 1. The van der Waals surface area contributed by atoms with Gasteiger partial charge in [-0.1, -0.05) is 0 Å². The molecular weight excluding hydrogens is 275 g/mol. The van der Waals surface area contributed by atoms with Crippen LogP contribution in [0.5, 0.6) is 0 Å². The lowest BCUT2D eigenvalue weighted by Gasteiger charge is -2.13. The fourth-order valence-electron chi connectivity index (χ4n) is 1.78. The van der Waals surface area contributed by atoms with Crippen molar-refractivity contribution >= 4 is 15.1 Å². The number of nitrogens with zero attached hydrogens (tertiary/aromatic N) is 3. The van der Waals surface area contributed by atoms with Crippen LogP contribution in [0.15, 0.2) is 6.33 Å². The van der Waals surface area contributed by atoms with Crippen LogP contribution in [-0.2, 0) is 9.47 Å². The lowest BCUT2D eigenvalue weighted by atomic mass is 10.1. The zero-order valence-electron chi connectivity index (χ0n) is 9.92. The first-order valence-electron chi connectivity index (χ1n) is 5.55. The van der Waals surface area contributed by atoms with E-state index in [1.54, 1.807) is 0 Å². The molecule has 106 valence electrons. The number of carbonyl (C=O) groups is 1. The quantitative estimate of drug-likeness (QED) is 0.526. The Balaban J connectivity index is 2.09. The summed E-state index contributed by atoms with van der Waals surface area (Å²) in [5.74, 6) is -0.968. The summed E-state index contributed by atoms with van der Waals surface area (Å²) in [5, 5.41) is 23.5. The molecule has 0 aliphatic carbocycles. The van der Waals surface area contributed by atoms with Gasteiger partial charge < -0.3 is 25.4 Å². The van der Waals surface area contributed by atoms with E-state index in [2.05, 4.69) is 19.3 Å². The van der Waals surface area contributed by atoms with Gasteiger partial charge in [0.05, 0.1) is 13.0 Å². The molecule has 1 fully saturated rings. The van der Waals surface area contributed by atoms with Gasteiger partial charge in [0.1, 0.15) is 24.6 Å². The minimum atomic E-state index is -1.19. The Morgan fingerprint density at radius 2 is 2.32 bits per heavy atom. The fourth-order valence-corrected chi connectivity index (χ4v) is 1.92. The summed E-state index contributed by atoms with van der Waals surface area (Å²) in [6.45, 7) is 0.135. The predicted molar refractivity (Wildman–Crippen MR) is 65.0 cm³/mol. The van der Waals surface area contributed by atoms with E-state index in [4.69, 9.17) is 15.2 Å². The van der Waals surface area contributed by atoms with Crippen LogP contribution < -0.4 is 5.73 Å². The van der Waals surface area contributed by atoms with Crippen LogP contribution in [0.4, 0.5) is 0 Å². The molecule has 4 N–H and O–H groups in total. The summed E-state index contributed by atoms with van der Waals surface area (Å²) in [4.78, 5) is 14.6. The number of aliphatic hydroxyl groups excluding tert-OH is 2. The summed E-state index contributed by atoms with van der Waals surface area (Å²) < 4.78 is 11.7. The van der Waals surface area contributed by atoms with Crippen LogP contribution in [0, 0.1) is 0 Å². The Morgan fingerprint density at radius 1 is 1.58 bits per heavy atom. The van der Waals surface area contributed by atoms with Crippen molar-refractivity contribution in [1.29, 1.82) is 0 Å². The lowest BCUT2D eigenvalue weighted by molar-refractivity contribution is -0.0664. The van der Waals surface area contributed by atoms with Crippen LogP contribution in [0.1, 0.15) is 16.8 Å². The normalized spacial score (nSPS) is 30.7. The molecule has 0 aromatic carbocycles. The standard InChI is InChI=1S/C9H15N4O5P/c10-7(16)8-11-2-13(12-8)9-6(15)5(14)4(18-9)1-17-3-19/h2,4-6,9,14-15H,1,3,19H2,(H2,10,16)/t4-,5-,6-,9-/m1/s1. The highest BCUT2D eigenvalue weighted by Crippen LogP contribution is 2.28. The van der Waals surface area contributed by atoms with Gasteiger partial charge in [0.25, 0.3) is 5.91 Å². The summed E-state index contributed by atoms with van der Waals surface area (Å²) >= 11 is 0. The highest BCUT2D eigenvalue weighted by atomic mass is 31.0. The Labute approximate surface area is 110 Å².